The molecular formula is C10H9BrFN3. The van der Waals surface area contributed by atoms with Crippen LogP contribution in [0.1, 0.15) is 5.56 Å². The second-order valence-corrected chi connectivity index (χ2v) is 3.97. The van der Waals surface area contributed by atoms with Gasteiger partial charge in [-0.05, 0) is 18.2 Å². The lowest BCUT2D eigenvalue weighted by Crippen LogP contribution is -2.02. The Balaban J connectivity index is 2.49. The molecule has 0 aliphatic heterocycles. The number of rotatable bonds is 2. The molecule has 78 valence electrons. The van der Waals surface area contributed by atoms with Gasteiger partial charge in [0.25, 0.3) is 0 Å². The maximum Gasteiger partial charge on any atom is 0.220 e. The van der Waals surface area contributed by atoms with E-state index in [1.807, 2.05) is 12.1 Å². The summed E-state index contributed by atoms with van der Waals surface area (Å²) in [6, 6.07) is 7.26. The molecule has 2 rings (SSSR count). The highest BCUT2D eigenvalue weighted by Gasteiger charge is 2.10. The minimum atomic E-state index is -0.407. The molecule has 0 radical (unpaired) electrons. The van der Waals surface area contributed by atoms with Crippen molar-refractivity contribution in [3.8, 4) is 5.69 Å². The zero-order chi connectivity index (χ0) is 10.8. The Bertz CT molecular complexity index is 481. The lowest BCUT2D eigenvalue weighted by atomic mass is 10.3. The predicted octanol–water partition coefficient (Wildman–Crippen LogP) is 2.23. The summed E-state index contributed by atoms with van der Waals surface area (Å²) in [7, 11) is 0. The Hall–Kier alpha value is -1.20. The molecule has 0 amide bonds. The van der Waals surface area contributed by atoms with Crippen molar-refractivity contribution in [2.24, 2.45) is 5.73 Å². The molecule has 0 saturated carbocycles. The fraction of sp³-hybridized carbons (Fsp3) is 0.100. The third-order valence-electron chi connectivity index (χ3n) is 2.05. The van der Waals surface area contributed by atoms with Crippen LogP contribution in [0.25, 0.3) is 5.69 Å². The van der Waals surface area contributed by atoms with E-state index in [4.69, 9.17) is 5.73 Å². The van der Waals surface area contributed by atoms with E-state index in [1.165, 1.54) is 10.9 Å². The number of hydrogen-bond donors (Lipinski definition) is 1. The van der Waals surface area contributed by atoms with Crippen LogP contribution in [-0.4, -0.2) is 9.78 Å². The molecule has 0 spiro atoms. The first-order chi connectivity index (χ1) is 7.22. The number of nitrogens with zero attached hydrogens (tertiary/aromatic N) is 2. The van der Waals surface area contributed by atoms with Gasteiger partial charge in [-0.3, -0.25) is 0 Å². The number of halogens is 2. The van der Waals surface area contributed by atoms with Gasteiger partial charge in [0.2, 0.25) is 5.95 Å². The van der Waals surface area contributed by atoms with Gasteiger partial charge in [0, 0.05) is 16.6 Å². The van der Waals surface area contributed by atoms with Gasteiger partial charge in [-0.25, -0.2) is 4.68 Å². The minimum absolute atomic E-state index is 0.153. The summed E-state index contributed by atoms with van der Waals surface area (Å²) < 4.78 is 15.8. The molecule has 3 nitrogen and oxygen atoms in total. The van der Waals surface area contributed by atoms with Crippen LogP contribution in [0.2, 0.25) is 0 Å². The largest absolute Gasteiger partial charge is 0.326 e. The topological polar surface area (TPSA) is 43.8 Å². The summed E-state index contributed by atoms with van der Waals surface area (Å²) >= 11 is 3.32. The van der Waals surface area contributed by atoms with Crippen molar-refractivity contribution in [2.45, 2.75) is 6.54 Å². The first kappa shape index (κ1) is 10.3. The highest BCUT2D eigenvalue weighted by molar-refractivity contribution is 9.10. The Kier molecular flexibility index (Phi) is 2.83. The Labute approximate surface area is 94.8 Å². The SMILES string of the molecule is NCc1cnn(-c2cccc(Br)c2)c1F. The van der Waals surface area contributed by atoms with E-state index >= 15 is 0 Å². The summed E-state index contributed by atoms with van der Waals surface area (Å²) in [4.78, 5) is 0. The zero-order valence-corrected chi connectivity index (χ0v) is 9.41. The number of benzene rings is 1. The minimum Gasteiger partial charge on any atom is -0.326 e. The van der Waals surface area contributed by atoms with Crippen LogP contribution in [0, 0.1) is 5.95 Å². The lowest BCUT2D eigenvalue weighted by Gasteiger charge is -2.02. The Morgan fingerprint density at radius 2 is 2.27 bits per heavy atom. The third-order valence-corrected chi connectivity index (χ3v) is 2.55. The Morgan fingerprint density at radius 3 is 2.87 bits per heavy atom. The Morgan fingerprint density at radius 1 is 1.47 bits per heavy atom. The fourth-order valence-corrected chi connectivity index (χ4v) is 1.68. The third kappa shape index (κ3) is 1.93. The van der Waals surface area contributed by atoms with Gasteiger partial charge >= 0.3 is 0 Å². The van der Waals surface area contributed by atoms with E-state index in [-0.39, 0.29) is 6.54 Å². The maximum atomic E-state index is 13.7. The maximum absolute atomic E-state index is 13.7. The zero-order valence-electron chi connectivity index (χ0n) is 7.82. The van der Waals surface area contributed by atoms with Crippen molar-refractivity contribution in [1.82, 2.24) is 9.78 Å². The molecule has 0 aliphatic carbocycles. The van der Waals surface area contributed by atoms with Crippen molar-refractivity contribution >= 4 is 15.9 Å². The highest BCUT2D eigenvalue weighted by atomic mass is 79.9. The lowest BCUT2D eigenvalue weighted by molar-refractivity contribution is 0.526. The van der Waals surface area contributed by atoms with E-state index in [0.717, 1.165) is 4.47 Å². The van der Waals surface area contributed by atoms with E-state index in [9.17, 15) is 4.39 Å². The summed E-state index contributed by atoms with van der Waals surface area (Å²) in [5.74, 6) is -0.407. The summed E-state index contributed by atoms with van der Waals surface area (Å²) in [6.07, 6.45) is 1.44. The van der Waals surface area contributed by atoms with Crippen molar-refractivity contribution in [3.63, 3.8) is 0 Å². The highest BCUT2D eigenvalue weighted by Crippen LogP contribution is 2.17. The second kappa shape index (κ2) is 4.12. The average Bonchev–Trinajstić information content (AvgIpc) is 2.59. The molecule has 5 heteroatoms. The van der Waals surface area contributed by atoms with Gasteiger partial charge in [-0.2, -0.15) is 9.49 Å². The van der Waals surface area contributed by atoms with Crippen LogP contribution in [0.5, 0.6) is 0 Å². The quantitative estimate of drug-likeness (QED) is 0.909. The van der Waals surface area contributed by atoms with Gasteiger partial charge in [0.1, 0.15) is 0 Å². The van der Waals surface area contributed by atoms with Gasteiger partial charge in [-0.15, -0.1) is 0 Å². The van der Waals surface area contributed by atoms with Crippen molar-refractivity contribution in [1.29, 1.82) is 0 Å². The molecule has 2 aromatic rings. The van der Waals surface area contributed by atoms with Crippen LogP contribution in [0.4, 0.5) is 4.39 Å². The molecule has 0 saturated heterocycles. The molecule has 0 bridgehead atoms. The van der Waals surface area contributed by atoms with Crippen molar-refractivity contribution < 1.29 is 4.39 Å². The first-order valence-electron chi connectivity index (χ1n) is 4.41. The van der Waals surface area contributed by atoms with Gasteiger partial charge in [0.15, 0.2) is 0 Å². The number of hydrogen-bond acceptors (Lipinski definition) is 2. The van der Waals surface area contributed by atoms with Gasteiger partial charge < -0.3 is 5.73 Å². The first-order valence-corrected chi connectivity index (χ1v) is 5.20. The van der Waals surface area contributed by atoms with E-state index < -0.39 is 5.95 Å². The molecule has 2 N–H and O–H groups in total. The molecule has 1 aromatic carbocycles. The van der Waals surface area contributed by atoms with Crippen LogP contribution < -0.4 is 5.73 Å². The van der Waals surface area contributed by atoms with Crippen LogP contribution in [0.3, 0.4) is 0 Å². The average molecular weight is 270 g/mol. The predicted molar refractivity (Wildman–Crippen MR) is 59.1 cm³/mol. The smallest absolute Gasteiger partial charge is 0.220 e. The van der Waals surface area contributed by atoms with E-state index in [0.29, 0.717) is 11.3 Å². The number of nitrogens with two attached hydrogens (primary N) is 1. The van der Waals surface area contributed by atoms with Crippen LogP contribution in [0.15, 0.2) is 34.9 Å². The van der Waals surface area contributed by atoms with E-state index in [2.05, 4.69) is 21.0 Å². The van der Waals surface area contributed by atoms with Crippen molar-refractivity contribution in [2.75, 3.05) is 0 Å². The summed E-state index contributed by atoms with van der Waals surface area (Å²) in [5, 5.41) is 3.94. The van der Waals surface area contributed by atoms with Crippen molar-refractivity contribution in [3.05, 3.63) is 46.4 Å². The summed E-state index contributed by atoms with van der Waals surface area (Å²) in [6.45, 7) is 0.153. The molecule has 0 aliphatic rings. The molecule has 0 unspecified atom stereocenters. The molecule has 0 atom stereocenters. The normalized spacial score (nSPS) is 10.6. The molecule has 1 aromatic heterocycles. The van der Waals surface area contributed by atoms with Gasteiger partial charge in [-0.1, -0.05) is 22.0 Å². The van der Waals surface area contributed by atoms with Gasteiger partial charge in [0.05, 0.1) is 11.9 Å². The second-order valence-electron chi connectivity index (χ2n) is 3.06. The number of aromatic nitrogens is 2. The molecule has 1 heterocycles. The van der Waals surface area contributed by atoms with Crippen LogP contribution >= 0.6 is 15.9 Å². The molecule has 15 heavy (non-hydrogen) atoms. The molecule has 0 fully saturated rings. The van der Waals surface area contributed by atoms with Crippen LogP contribution in [-0.2, 0) is 6.54 Å². The fourth-order valence-electron chi connectivity index (χ4n) is 1.29. The molecular weight excluding hydrogens is 261 g/mol. The standard InChI is InChI=1S/C10H9BrFN3/c11-8-2-1-3-9(4-8)15-10(12)7(5-13)6-14-15/h1-4,6H,5,13H2. The summed E-state index contributed by atoms with van der Waals surface area (Å²) in [5.41, 5.74) is 6.45. The van der Waals surface area contributed by atoms with E-state index in [1.54, 1.807) is 12.1 Å². The monoisotopic (exact) mass is 269 g/mol.